The molecule has 0 amide bonds. The smallest absolute Gasteiger partial charge is 0.270 e. The predicted octanol–water partition coefficient (Wildman–Crippen LogP) is 1.47. The summed E-state index contributed by atoms with van der Waals surface area (Å²) in [6.45, 7) is 1.81. The highest BCUT2D eigenvalue weighted by Gasteiger charge is 2.42. The van der Waals surface area contributed by atoms with Gasteiger partial charge in [-0.2, -0.15) is 0 Å². The van der Waals surface area contributed by atoms with E-state index in [0.717, 1.165) is 18.9 Å². The Morgan fingerprint density at radius 3 is 2.47 bits per heavy atom. The fourth-order valence-electron chi connectivity index (χ4n) is 1.72. The van der Waals surface area contributed by atoms with Crippen LogP contribution in [0, 0.1) is 10.1 Å². The standard InChI is InChI=1S/C11H15N3O4S/c1-11(5-6-11)13-19(17,18)10-7-8(14(15)16)3-4-9(10)12-2/h3-4,7,12-13H,5-6H2,1-2H3. The highest BCUT2D eigenvalue weighted by Crippen LogP contribution is 2.37. The number of nitro groups is 1. The van der Waals surface area contributed by atoms with E-state index in [9.17, 15) is 18.5 Å². The summed E-state index contributed by atoms with van der Waals surface area (Å²) in [6, 6.07) is 3.73. The lowest BCUT2D eigenvalue weighted by Crippen LogP contribution is -2.34. The summed E-state index contributed by atoms with van der Waals surface area (Å²) in [7, 11) is -2.20. The molecule has 0 radical (unpaired) electrons. The highest BCUT2D eigenvalue weighted by molar-refractivity contribution is 7.89. The molecule has 0 spiro atoms. The van der Waals surface area contributed by atoms with Gasteiger partial charge in [-0.3, -0.25) is 10.1 Å². The summed E-state index contributed by atoms with van der Waals surface area (Å²) in [5, 5.41) is 13.5. The molecule has 0 atom stereocenters. The molecule has 7 nitrogen and oxygen atoms in total. The van der Waals surface area contributed by atoms with Gasteiger partial charge >= 0.3 is 0 Å². The van der Waals surface area contributed by atoms with Crippen LogP contribution < -0.4 is 10.0 Å². The molecule has 1 fully saturated rings. The summed E-state index contributed by atoms with van der Waals surface area (Å²) in [5.74, 6) is 0. The van der Waals surface area contributed by atoms with Gasteiger partial charge in [0.15, 0.2) is 0 Å². The minimum absolute atomic E-state index is 0.0997. The van der Waals surface area contributed by atoms with Crippen LogP contribution in [0.2, 0.25) is 0 Å². The first-order valence-corrected chi connectivity index (χ1v) is 7.26. The molecule has 0 heterocycles. The van der Waals surface area contributed by atoms with Gasteiger partial charge in [-0.15, -0.1) is 0 Å². The molecule has 1 aromatic rings. The van der Waals surface area contributed by atoms with Gasteiger partial charge < -0.3 is 5.32 Å². The lowest BCUT2D eigenvalue weighted by Gasteiger charge is -2.14. The van der Waals surface area contributed by atoms with Crippen molar-refractivity contribution in [1.29, 1.82) is 0 Å². The Morgan fingerprint density at radius 1 is 1.37 bits per heavy atom. The maximum absolute atomic E-state index is 12.3. The Hall–Kier alpha value is -1.67. The van der Waals surface area contributed by atoms with Crippen LogP contribution in [0.3, 0.4) is 0 Å². The zero-order chi connectivity index (χ0) is 14.3. The third-order valence-corrected chi connectivity index (χ3v) is 4.79. The van der Waals surface area contributed by atoms with Gasteiger partial charge in [0.1, 0.15) is 4.90 Å². The Kier molecular flexibility index (Phi) is 3.23. The molecule has 1 aliphatic carbocycles. The van der Waals surface area contributed by atoms with Crippen LogP contribution in [0.4, 0.5) is 11.4 Å². The molecule has 8 heteroatoms. The molecule has 0 aromatic heterocycles. The van der Waals surface area contributed by atoms with Gasteiger partial charge in [0, 0.05) is 24.7 Å². The number of benzene rings is 1. The minimum Gasteiger partial charge on any atom is -0.387 e. The SMILES string of the molecule is CNc1ccc([N+](=O)[O-])cc1S(=O)(=O)NC1(C)CC1. The van der Waals surface area contributed by atoms with Gasteiger partial charge in [-0.25, -0.2) is 13.1 Å². The van der Waals surface area contributed by atoms with E-state index in [0.29, 0.717) is 5.69 Å². The second kappa shape index (κ2) is 4.46. The first kappa shape index (κ1) is 13.8. The number of nitrogens with one attached hydrogen (secondary N) is 2. The number of nitrogens with zero attached hydrogens (tertiary/aromatic N) is 1. The summed E-state index contributed by atoms with van der Waals surface area (Å²) in [6.07, 6.45) is 1.55. The third kappa shape index (κ3) is 2.85. The number of non-ortho nitro benzene ring substituents is 1. The van der Waals surface area contributed by atoms with Gasteiger partial charge in [0.25, 0.3) is 5.69 Å². The van der Waals surface area contributed by atoms with E-state index >= 15 is 0 Å². The summed E-state index contributed by atoms with van der Waals surface area (Å²) < 4.78 is 27.1. The molecule has 104 valence electrons. The Labute approximate surface area is 111 Å². The minimum atomic E-state index is -3.77. The van der Waals surface area contributed by atoms with Crippen molar-refractivity contribution in [2.75, 3.05) is 12.4 Å². The van der Waals surface area contributed by atoms with Gasteiger partial charge in [0.05, 0.1) is 10.6 Å². The number of sulfonamides is 1. The third-order valence-electron chi connectivity index (χ3n) is 3.12. The van der Waals surface area contributed by atoms with Crippen LogP contribution in [-0.4, -0.2) is 25.9 Å². The van der Waals surface area contributed by atoms with Crippen LogP contribution in [0.15, 0.2) is 23.1 Å². The highest BCUT2D eigenvalue weighted by atomic mass is 32.2. The van der Waals surface area contributed by atoms with Crippen molar-refractivity contribution in [3.8, 4) is 0 Å². The van der Waals surface area contributed by atoms with Crippen LogP contribution >= 0.6 is 0 Å². The lowest BCUT2D eigenvalue weighted by atomic mass is 10.3. The Morgan fingerprint density at radius 2 is 2.00 bits per heavy atom. The average Bonchev–Trinajstić information content (AvgIpc) is 3.04. The topological polar surface area (TPSA) is 101 Å². The van der Waals surface area contributed by atoms with E-state index in [4.69, 9.17) is 0 Å². The normalized spacial score (nSPS) is 16.9. The Bertz CT molecular complexity index is 623. The van der Waals surface area contributed by atoms with E-state index in [1.165, 1.54) is 12.1 Å². The number of anilines is 1. The van der Waals surface area contributed by atoms with Crippen molar-refractivity contribution in [1.82, 2.24) is 4.72 Å². The van der Waals surface area contributed by atoms with E-state index in [-0.39, 0.29) is 10.6 Å². The van der Waals surface area contributed by atoms with Gasteiger partial charge in [0.2, 0.25) is 10.0 Å². The van der Waals surface area contributed by atoms with E-state index in [1.54, 1.807) is 14.0 Å². The molecule has 0 bridgehead atoms. The van der Waals surface area contributed by atoms with Crippen molar-refractivity contribution < 1.29 is 13.3 Å². The molecule has 1 saturated carbocycles. The first-order valence-electron chi connectivity index (χ1n) is 5.78. The molecule has 0 unspecified atom stereocenters. The molecule has 1 aliphatic rings. The van der Waals surface area contributed by atoms with Crippen LogP contribution in [-0.2, 0) is 10.0 Å². The lowest BCUT2D eigenvalue weighted by molar-refractivity contribution is -0.385. The van der Waals surface area contributed by atoms with Crippen molar-refractivity contribution in [3.05, 3.63) is 28.3 Å². The average molecular weight is 285 g/mol. The zero-order valence-electron chi connectivity index (χ0n) is 10.6. The summed E-state index contributed by atoms with van der Waals surface area (Å²) in [5.41, 5.74) is -0.336. The van der Waals surface area contributed by atoms with Crippen LogP contribution in [0.1, 0.15) is 19.8 Å². The van der Waals surface area contributed by atoms with Crippen molar-refractivity contribution >= 4 is 21.4 Å². The van der Waals surface area contributed by atoms with Gasteiger partial charge in [-0.1, -0.05) is 0 Å². The fraction of sp³-hybridized carbons (Fsp3) is 0.455. The largest absolute Gasteiger partial charge is 0.387 e. The number of hydrogen-bond acceptors (Lipinski definition) is 5. The van der Waals surface area contributed by atoms with Crippen LogP contribution in [0.5, 0.6) is 0 Å². The van der Waals surface area contributed by atoms with Crippen LogP contribution in [0.25, 0.3) is 0 Å². The summed E-state index contributed by atoms with van der Waals surface area (Å²) in [4.78, 5) is 10.0. The molecule has 19 heavy (non-hydrogen) atoms. The molecule has 0 aliphatic heterocycles. The van der Waals surface area contributed by atoms with E-state index in [2.05, 4.69) is 10.0 Å². The number of hydrogen-bond donors (Lipinski definition) is 2. The first-order chi connectivity index (χ1) is 8.77. The second-order valence-corrected chi connectivity index (χ2v) is 6.50. The molecular weight excluding hydrogens is 270 g/mol. The molecular formula is C11H15N3O4S. The van der Waals surface area contributed by atoms with E-state index in [1.807, 2.05) is 0 Å². The second-order valence-electron chi connectivity index (χ2n) is 4.85. The quantitative estimate of drug-likeness (QED) is 0.630. The summed E-state index contributed by atoms with van der Waals surface area (Å²) >= 11 is 0. The molecule has 1 aromatic carbocycles. The fourth-order valence-corrected chi connectivity index (χ4v) is 3.42. The van der Waals surface area contributed by atoms with Crippen molar-refractivity contribution in [2.24, 2.45) is 0 Å². The Balaban J connectivity index is 2.46. The van der Waals surface area contributed by atoms with Gasteiger partial charge in [-0.05, 0) is 25.8 Å². The molecule has 2 rings (SSSR count). The van der Waals surface area contributed by atoms with E-state index < -0.39 is 20.5 Å². The van der Waals surface area contributed by atoms with Crippen molar-refractivity contribution in [3.63, 3.8) is 0 Å². The maximum atomic E-state index is 12.3. The number of nitro benzene ring substituents is 1. The van der Waals surface area contributed by atoms with Crippen molar-refractivity contribution in [2.45, 2.75) is 30.2 Å². The monoisotopic (exact) mass is 285 g/mol. The maximum Gasteiger partial charge on any atom is 0.270 e. The molecule has 0 saturated heterocycles. The zero-order valence-corrected chi connectivity index (χ0v) is 11.5. The number of rotatable bonds is 5. The predicted molar refractivity (Wildman–Crippen MR) is 70.6 cm³/mol. The molecule has 2 N–H and O–H groups in total.